The molecule has 0 aliphatic heterocycles. The second-order valence-electron chi connectivity index (χ2n) is 6.36. The zero-order valence-electron chi connectivity index (χ0n) is 12.4. The summed E-state index contributed by atoms with van der Waals surface area (Å²) in [5.41, 5.74) is 3.74. The van der Waals surface area contributed by atoms with Crippen LogP contribution in [0.5, 0.6) is 0 Å². The summed E-state index contributed by atoms with van der Waals surface area (Å²) in [4.78, 5) is 0. The van der Waals surface area contributed by atoms with Gasteiger partial charge in [0.25, 0.3) is 0 Å². The van der Waals surface area contributed by atoms with Gasteiger partial charge in [-0.25, -0.2) is 0 Å². The zero-order chi connectivity index (χ0) is 14.3. The van der Waals surface area contributed by atoms with Gasteiger partial charge >= 0.3 is 0 Å². The van der Waals surface area contributed by atoms with E-state index in [-0.39, 0.29) is 0 Å². The van der Waals surface area contributed by atoms with Crippen molar-refractivity contribution in [2.75, 3.05) is 6.54 Å². The minimum absolute atomic E-state index is 0.665. The van der Waals surface area contributed by atoms with Crippen molar-refractivity contribution in [3.63, 3.8) is 0 Å². The Morgan fingerprint density at radius 3 is 2.75 bits per heavy atom. The number of nitrogens with one attached hydrogen (secondary N) is 1. The van der Waals surface area contributed by atoms with Crippen LogP contribution in [0, 0.1) is 12.8 Å². The quantitative estimate of drug-likeness (QED) is 0.819. The molecule has 1 aliphatic rings. The third kappa shape index (κ3) is 2.79. The van der Waals surface area contributed by atoms with Crippen LogP contribution < -0.4 is 5.32 Å². The summed E-state index contributed by atoms with van der Waals surface area (Å²) in [7, 11) is 0. The second-order valence-corrected chi connectivity index (χ2v) is 7.22. The summed E-state index contributed by atoms with van der Waals surface area (Å²) >= 11 is 3.64. The molecule has 0 unspecified atom stereocenters. The van der Waals surface area contributed by atoms with Gasteiger partial charge in [-0.2, -0.15) is 0 Å². The number of halogens is 1. The molecule has 20 heavy (non-hydrogen) atoms. The van der Waals surface area contributed by atoms with Crippen LogP contribution in [0.25, 0.3) is 11.0 Å². The van der Waals surface area contributed by atoms with Gasteiger partial charge < -0.3 is 9.73 Å². The van der Waals surface area contributed by atoms with Crippen molar-refractivity contribution < 1.29 is 4.42 Å². The van der Waals surface area contributed by atoms with Gasteiger partial charge in [-0.1, -0.05) is 13.8 Å². The van der Waals surface area contributed by atoms with Crippen molar-refractivity contribution in [3.05, 3.63) is 33.5 Å². The molecule has 1 heterocycles. The number of fused-ring (bicyclic) bond motifs is 1. The highest BCUT2D eigenvalue weighted by atomic mass is 79.9. The Hall–Kier alpha value is -0.800. The van der Waals surface area contributed by atoms with Crippen molar-refractivity contribution in [1.82, 2.24) is 5.32 Å². The van der Waals surface area contributed by atoms with E-state index >= 15 is 0 Å². The maximum Gasteiger partial charge on any atom is 0.148 e. The first-order valence-corrected chi connectivity index (χ1v) is 8.27. The molecule has 3 rings (SSSR count). The van der Waals surface area contributed by atoms with Crippen molar-refractivity contribution in [1.29, 1.82) is 0 Å². The SMILES string of the molecule is Cc1cc(Br)c2oc(CNCC(C)C)c(C3CC3)c2c1. The molecular weight excluding hydrogens is 314 g/mol. The summed E-state index contributed by atoms with van der Waals surface area (Å²) in [6.07, 6.45) is 2.61. The normalized spacial score (nSPS) is 15.4. The van der Waals surface area contributed by atoms with E-state index in [1.54, 1.807) is 0 Å². The standard InChI is InChI=1S/C17H22BrNO/c1-10(2)8-19-9-15-16(12-4-5-12)13-6-11(3)7-14(18)17(13)20-15/h6-7,10,12,19H,4-5,8-9H2,1-3H3. The van der Waals surface area contributed by atoms with Crippen LogP contribution >= 0.6 is 15.9 Å². The molecule has 0 atom stereocenters. The molecule has 1 aromatic carbocycles. The Morgan fingerprint density at radius 1 is 1.35 bits per heavy atom. The van der Waals surface area contributed by atoms with Gasteiger partial charge in [0.15, 0.2) is 0 Å². The van der Waals surface area contributed by atoms with Gasteiger partial charge in [-0.05, 0) is 71.8 Å². The van der Waals surface area contributed by atoms with Crippen LogP contribution in [0.1, 0.15) is 49.5 Å². The molecule has 0 radical (unpaired) electrons. The van der Waals surface area contributed by atoms with Crippen molar-refractivity contribution in [2.45, 2.75) is 46.1 Å². The van der Waals surface area contributed by atoms with E-state index in [0.29, 0.717) is 11.8 Å². The van der Waals surface area contributed by atoms with Crippen LogP contribution in [-0.2, 0) is 6.54 Å². The summed E-state index contributed by atoms with van der Waals surface area (Å²) in [6.45, 7) is 8.47. The highest BCUT2D eigenvalue weighted by Gasteiger charge is 2.31. The highest BCUT2D eigenvalue weighted by Crippen LogP contribution is 2.47. The maximum atomic E-state index is 6.16. The Balaban J connectivity index is 1.98. The first-order valence-electron chi connectivity index (χ1n) is 7.48. The predicted molar refractivity (Wildman–Crippen MR) is 87.2 cm³/mol. The number of hydrogen-bond acceptors (Lipinski definition) is 2. The number of furan rings is 1. The lowest BCUT2D eigenvalue weighted by atomic mass is 10.0. The van der Waals surface area contributed by atoms with E-state index in [4.69, 9.17) is 4.42 Å². The molecule has 2 nitrogen and oxygen atoms in total. The summed E-state index contributed by atoms with van der Waals surface area (Å²) in [5, 5.41) is 4.82. The minimum Gasteiger partial charge on any atom is -0.458 e. The van der Waals surface area contributed by atoms with Gasteiger partial charge in [0.1, 0.15) is 11.3 Å². The molecular formula is C17H22BrNO. The smallest absolute Gasteiger partial charge is 0.148 e. The van der Waals surface area contributed by atoms with Crippen molar-refractivity contribution in [3.8, 4) is 0 Å². The predicted octanol–water partition coefficient (Wildman–Crippen LogP) is 5.13. The van der Waals surface area contributed by atoms with E-state index in [9.17, 15) is 0 Å². The molecule has 1 aliphatic carbocycles. The van der Waals surface area contributed by atoms with E-state index in [2.05, 4.69) is 54.2 Å². The molecule has 108 valence electrons. The molecule has 0 amide bonds. The third-order valence-corrected chi connectivity index (χ3v) is 4.42. The zero-order valence-corrected chi connectivity index (χ0v) is 14.0. The lowest BCUT2D eigenvalue weighted by Gasteiger charge is -2.07. The van der Waals surface area contributed by atoms with Gasteiger partial charge in [0.2, 0.25) is 0 Å². The van der Waals surface area contributed by atoms with E-state index in [1.165, 1.54) is 29.4 Å². The Morgan fingerprint density at radius 2 is 2.10 bits per heavy atom. The average molecular weight is 336 g/mol. The fourth-order valence-corrected chi connectivity index (χ4v) is 3.44. The van der Waals surface area contributed by atoms with Crippen LogP contribution in [0.2, 0.25) is 0 Å². The average Bonchev–Trinajstić information content (AvgIpc) is 3.12. The third-order valence-electron chi connectivity index (χ3n) is 3.83. The van der Waals surface area contributed by atoms with E-state index < -0.39 is 0 Å². The topological polar surface area (TPSA) is 25.2 Å². The molecule has 0 bridgehead atoms. The van der Waals surface area contributed by atoms with E-state index in [1.807, 2.05) is 0 Å². The Bertz CT molecular complexity index is 625. The Kier molecular flexibility index (Phi) is 3.91. The lowest BCUT2D eigenvalue weighted by molar-refractivity contribution is 0.480. The maximum absolute atomic E-state index is 6.16. The largest absolute Gasteiger partial charge is 0.458 e. The monoisotopic (exact) mass is 335 g/mol. The van der Waals surface area contributed by atoms with Crippen LogP contribution in [-0.4, -0.2) is 6.54 Å². The van der Waals surface area contributed by atoms with Crippen LogP contribution in [0.15, 0.2) is 21.0 Å². The number of rotatable bonds is 5. The first-order chi connectivity index (χ1) is 9.56. The molecule has 2 aromatic rings. The minimum atomic E-state index is 0.665. The number of hydrogen-bond donors (Lipinski definition) is 1. The second kappa shape index (κ2) is 5.53. The van der Waals surface area contributed by atoms with Crippen LogP contribution in [0.4, 0.5) is 0 Å². The van der Waals surface area contributed by atoms with Crippen LogP contribution in [0.3, 0.4) is 0 Å². The Labute approximate surface area is 129 Å². The molecule has 1 saturated carbocycles. The summed E-state index contributed by atoms with van der Waals surface area (Å²) < 4.78 is 7.23. The van der Waals surface area contributed by atoms with Crippen molar-refractivity contribution in [2.24, 2.45) is 5.92 Å². The highest BCUT2D eigenvalue weighted by molar-refractivity contribution is 9.10. The van der Waals surface area contributed by atoms with Gasteiger partial charge in [0.05, 0.1) is 11.0 Å². The van der Waals surface area contributed by atoms with E-state index in [0.717, 1.165) is 28.9 Å². The molecule has 3 heteroatoms. The molecule has 1 fully saturated rings. The molecule has 0 spiro atoms. The molecule has 0 saturated heterocycles. The molecule has 1 N–H and O–H groups in total. The van der Waals surface area contributed by atoms with Gasteiger partial charge in [-0.3, -0.25) is 0 Å². The van der Waals surface area contributed by atoms with Gasteiger partial charge in [0, 0.05) is 10.9 Å². The summed E-state index contributed by atoms with van der Waals surface area (Å²) in [5.74, 6) is 2.51. The fraction of sp³-hybridized carbons (Fsp3) is 0.529. The lowest BCUT2D eigenvalue weighted by Crippen LogP contribution is -2.19. The number of aryl methyl sites for hydroxylation is 1. The fourth-order valence-electron chi connectivity index (χ4n) is 2.79. The van der Waals surface area contributed by atoms with Crippen molar-refractivity contribution >= 4 is 26.9 Å². The summed E-state index contributed by atoms with van der Waals surface area (Å²) in [6, 6.07) is 4.40. The molecule has 1 aromatic heterocycles. The van der Waals surface area contributed by atoms with Gasteiger partial charge in [-0.15, -0.1) is 0 Å². The number of benzene rings is 1. The first kappa shape index (κ1) is 14.2.